The largest absolute Gasteiger partial charge is 0.497 e. The van der Waals surface area contributed by atoms with Crippen molar-refractivity contribution >= 4 is 34.7 Å². The zero-order chi connectivity index (χ0) is 30.8. The molecule has 1 saturated heterocycles. The van der Waals surface area contributed by atoms with Gasteiger partial charge in [-0.25, -0.2) is 4.98 Å². The third kappa shape index (κ3) is 6.26. The van der Waals surface area contributed by atoms with E-state index in [1.807, 2.05) is 58.3 Å². The average Bonchev–Trinajstić information content (AvgIpc) is 3.04. The van der Waals surface area contributed by atoms with Gasteiger partial charge in [0.15, 0.2) is 0 Å². The number of piperazine rings is 1. The maximum Gasteiger partial charge on any atom is 0.416 e. The van der Waals surface area contributed by atoms with E-state index in [0.29, 0.717) is 43.2 Å². The lowest BCUT2D eigenvalue weighted by molar-refractivity contribution is -0.138. The Morgan fingerprint density at radius 3 is 2.45 bits per heavy atom. The second-order valence-electron chi connectivity index (χ2n) is 10.8. The van der Waals surface area contributed by atoms with Crippen LogP contribution < -0.4 is 19.9 Å². The number of anilines is 3. The number of rotatable bonds is 6. The minimum atomic E-state index is -4.49. The first-order valence-electron chi connectivity index (χ1n) is 14.3. The lowest BCUT2D eigenvalue weighted by atomic mass is 10.0. The maximum atomic E-state index is 13.8. The number of alkyl halides is 3. The summed E-state index contributed by atoms with van der Waals surface area (Å²) in [5.41, 5.74) is 3.30. The van der Waals surface area contributed by atoms with Gasteiger partial charge in [-0.3, -0.25) is 4.79 Å². The number of nitrogens with zero attached hydrogens (tertiary/aromatic N) is 4. The molecule has 1 amide bonds. The van der Waals surface area contributed by atoms with Gasteiger partial charge in [0, 0.05) is 73.8 Å². The standard InChI is InChI=1S/C33H31ClF3N5O2/c1-44-28-8-6-27(7-9-28)40-13-15-41(16-14-40)32(43)23-4-2-3-22(17-23)24-19-30-31(39-20-24)38-11-12-42(30)21-25-18-26(34)5-10-29(25)33(35,36)37/h2-10,17-20H,11-16,21H2,1H3,(H,38,39). The van der Waals surface area contributed by atoms with E-state index < -0.39 is 11.7 Å². The number of aromatic nitrogens is 1. The average molecular weight is 622 g/mol. The summed E-state index contributed by atoms with van der Waals surface area (Å²) in [7, 11) is 1.64. The number of carbonyl (C=O) groups is 1. The number of amides is 1. The number of methoxy groups -OCH3 is 1. The molecule has 0 saturated carbocycles. The summed E-state index contributed by atoms with van der Waals surface area (Å²) in [6, 6.07) is 20.9. The molecule has 2 aliphatic rings. The molecule has 7 nitrogen and oxygen atoms in total. The number of hydrogen-bond acceptors (Lipinski definition) is 6. The molecule has 0 aliphatic carbocycles. The van der Waals surface area contributed by atoms with Crippen molar-refractivity contribution < 1.29 is 22.7 Å². The van der Waals surface area contributed by atoms with Crippen LogP contribution in [0.5, 0.6) is 5.75 Å². The summed E-state index contributed by atoms with van der Waals surface area (Å²) >= 11 is 6.08. The monoisotopic (exact) mass is 621 g/mol. The molecule has 3 aromatic carbocycles. The van der Waals surface area contributed by atoms with Gasteiger partial charge in [0.2, 0.25) is 0 Å². The molecule has 0 spiro atoms. The molecule has 0 atom stereocenters. The SMILES string of the molecule is COc1ccc(N2CCN(C(=O)c3cccc(-c4cnc5c(c4)N(Cc4cc(Cl)ccc4C(F)(F)F)CCN5)c3)CC2)cc1. The van der Waals surface area contributed by atoms with Crippen molar-refractivity contribution in [2.24, 2.45) is 0 Å². The molecule has 2 aliphatic heterocycles. The number of ether oxygens (including phenoxy) is 1. The molecule has 6 rings (SSSR count). The maximum absolute atomic E-state index is 13.8. The smallest absolute Gasteiger partial charge is 0.416 e. The van der Waals surface area contributed by atoms with Crippen LogP contribution in [0.2, 0.25) is 5.02 Å². The molecule has 0 bridgehead atoms. The van der Waals surface area contributed by atoms with E-state index in [4.69, 9.17) is 16.3 Å². The molecule has 0 unspecified atom stereocenters. The molecule has 11 heteroatoms. The third-order valence-corrected chi connectivity index (χ3v) is 8.30. The molecule has 44 heavy (non-hydrogen) atoms. The number of pyridine rings is 1. The second-order valence-corrected chi connectivity index (χ2v) is 11.2. The highest BCUT2D eigenvalue weighted by Gasteiger charge is 2.34. The van der Waals surface area contributed by atoms with Crippen LogP contribution in [0.25, 0.3) is 11.1 Å². The number of hydrogen-bond donors (Lipinski definition) is 1. The van der Waals surface area contributed by atoms with E-state index in [9.17, 15) is 18.0 Å². The van der Waals surface area contributed by atoms with Crippen LogP contribution in [0.4, 0.5) is 30.4 Å². The van der Waals surface area contributed by atoms with E-state index in [2.05, 4.69) is 15.2 Å². The normalized spacial score (nSPS) is 15.1. The Morgan fingerprint density at radius 2 is 1.73 bits per heavy atom. The Balaban J connectivity index is 1.19. The van der Waals surface area contributed by atoms with Crippen LogP contribution in [-0.2, 0) is 12.7 Å². The number of halogens is 4. The minimum Gasteiger partial charge on any atom is -0.497 e. The summed E-state index contributed by atoms with van der Waals surface area (Å²) in [4.78, 5) is 24.1. The van der Waals surface area contributed by atoms with Crippen LogP contribution in [0.1, 0.15) is 21.5 Å². The zero-order valence-corrected chi connectivity index (χ0v) is 24.8. The first-order chi connectivity index (χ1) is 21.2. The Bertz CT molecular complexity index is 1660. The van der Waals surface area contributed by atoms with Crippen molar-refractivity contribution in [3.63, 3.8) is 0 Å². The molecule has 228 valence electrons. The van der Waals surface area contributed by atoms with Gasteiger partial charge in [-0.2, -0.15) is 13.2 Å². The van der Waals surface area contributed by atoms with Gasteiger partial charge in [-0.1, -0.05) is 23.7 Å². The molecule has 1 aromatic heterocycles. The van der Waals surface area contributed by atoms with Crippen molar-refractivity contribution in [2.75, 3.05) is 61.5 Å². The number of fused-ring (bicyclic) bond motifs is 1. The van der Waals surface area contributed by atoms with Crippen LogP contribution in [0.3, 0.4) is 0 Å². The van der Waals surface area contributed by atoms with Gasteiger partial charge in [0.1, 0.15) is 11.6 Å². The van der Waals surface area contributed by atoms with E-state index >= 15 is 0 Å². The van der Waals surface area contributed by atoms with E-state index in [1.165, 1.54) is 12.1 Å². The van der Waals surface area contributed by atoms with Gasteiger partial charge in [0.05, 0.1) is 18.4 Å². The first kappa shape index (κ1) is 29.6. The Labute approximate surface area is 258 Å². The second kappa shape index (κ2) is 12.3. The van der Waals surface area contributed by atoms with Crippen molar-refractivity contribution in [1.82, 2.24) is 9.88 Å². The van der Waals surface area contributed by atoms with Crippen LogP contribution in [0.15, 0.2) is 79.0 Å². The molecule has 4 aromatic rings. The molecule has 0 radical (unpaired) electrons. The van der Waals surface area contributed by atoms with E-state index in [1.54, 1.807) is 19.4 Å². The van der Waals surface area contributed by atoms with Crippen LogP contribution in [-0.4, -0.2) is 62.2 Å². The van der Waals surface area contributed by atoms with Gasteiger partial charge in [0.25, 0.3) is 5.91 Å². The summed E-state index contributed by atoms with van der Waals surface area (Å²) in [5.74, 6) is 1.35. The van der Waals surface area contributed by atoms with Crippen molar-refractivity contribution in [1.29, 1.82) is 0 Å². The highest BCUT2D eigenvalue weighted by molar-refractivity contribution is 6.30. The fourth-order valence-electron chi connectivity index (χ4n) is 5.73. The van der Waals surface area contributed by atoms with Crippen molar-refractivity contribution in [3.8, 4) is 16.9 Å². The van der Waals surface area contributed by atoms with Gasteiger partial charge in [-0.15, -0.1) is 0 Å². The van der Waals surface area contributed by atoms with Gasteiger partial charge < -0.3 is 24.8 Å². The Morgan fingerprint density at radius 1 is 0.955 bits per heavy atom. The minimum absolute atomic E-state index is 0.0241. The summed E-state index contributed by atoms with van der Waals surface area (Å²) in [6.45, 7) is 3.69. The third-order valence-electron chi connectivity index (χ3n) is 8.06. The molecular formula is C33H31ClF3N5O2. The number of nitrogens with one attached hydrogen (secondary N) is 1. The number of benzene rings is 3. The topological polar surface area (TPSA) is 60.9 Å². The fourth-order valence-corrected chi connectivity index (χ4v) is 5.93. The van der Waals surface area contributed by atoms with Crippen molar-refractivity contribution in [3.05, 3.63) is 101 Å². The lowest BCUT2D eigenvalue weighted by Gasteiger charge is -2.36. The fraction of sp³-hybridized carbons (Fsp3) is 0.273. The predicted octanol–water partition coefficient (Wildman–Crippen LogP) is 6.82. The lowest BCUT2D eigenvalue weighted by Crippen LogP contribution is -2.48. The highest BCUT2D eigenvalue weighted by Crippen LogP contribution is 2.37. The molecule has 1 fully saturated rings. The van der Waals surface area contributed by atoms with Crippen LogP contribution >= 0.6 is 11.6 Å². The molecule has 1 N–H and O–H groups in total. The molecule has 3 heterocycles. The zero-order valence-electron chi connectivity index (χ0n) is 24.1. The first-order valence-corrected chi connectivity index (χ1v) is 14.7. The Kier molecular flexibility index (Phi) is 8.27. The highest BCUT2D eigenvalue weighted by atomic mass is 35.5. The summed E-state index contributed by atoms with van der Waals surface area (Å²) in [5, 5.41) is 3.48. The predicted molar refractivity (Wildman–Crippen MR) is 167 cm³/mol. The molecular weight excluding hydrogens is 591 g/mol. The van der Waals surface area contributed by atoms with E-state index in [0.717, 1.165) is 41.7 Å². The van der Waals surface area contributed by atoms with Crippen LogP contribution in [0, 0.1) is 0 Å². The number of carbonyl (C=O) groups excluding carboxylic acids is 1. The van der Waals surface area contributed by atoms with Crippen molar-refractivity contribution in [2.45, 2.75) is 12.7 Å². The Hall–Kier alpha value is -4.44. The van der Waals surface area contributed by atoms with Gasteiger partial charge >= 0.3 is 6.18 Å². The quantitative estimate of drug-likeness (QED) is 0.255. The van der Waals surface area contributed by atoms with E-state index in [-0.39, 0.29) is 23.0 Å². The van der Waals surface area contributed by atoms with Gasteiger partial charge in [-0.05, 0) is 71.8 Å². The summed E-state index contributed by atoms with van der Waals surface area (Å²) < 4.78 is 46.5. The summed E-state index contributed by atoms with van der Waals surface area (Å²) in [6.07, 6.45) is -2.78.